The van der Waals surface area contributed by atoms with E-state index in [9.17, 15) is 18.8 Å². The third-order valence-electron chi connectivity index (χ3n) is 4.74. The monoisotopic (exact) mass is 476 g/mol. The number of benzene rings is 2. The summed E-state index contributed by atoms with van der Waals surface area (Å²) in [6.07, 6.45) is 3.15. The molecule has 0 unspecified atom stereocenters. The van der Waals surface area contributed by atoms with E-state index in [0.29, 0.717) is 45.1 Å². The lowest BCUT2D eigenvalue weighted by Gasteiger charge is -2.06. The fraction of sp³-hybridized carbons (Fsp3) is 0.0800. The quantitative estimate of drug-likeness (QED) is 0.192. The molecule has 4 rings (SSSR count). The number of aryl methyl sites for hydroxylation is 1. The number of carbonyl (C=O) groups is 1. The van der Waals surface area contributed by atoms with Gasteiger partial charge in [-0.1, -0.05) is 30.0 Å². The number of para-hydroxylation sites is 1. The zero-order valence-corrected chi connectivity index (χ0v) is 18.7. The Morgan fingerprint density at radius 2 is 1.88 bits per heavy atom. The summed E-state index contributed by atoms with van der Waals surface area (Å²) in [5, 5.41) is 16.9. The van der Waals surface area contributed by atoms with Crippen molar-refractivity contribution in [2.24, 2.45) is 0 Å². The zero-order valence-electron chi connectivity index (χ0n) is 17.9. The molecule has 2 heterocycles. The van der Waals surface area contributed by atoms with Gasteiger partial charge in [0.15, 0.2) is 5.76 Å². The van der Waals surface area contributed by atoms with Gasteiger partial charge in [-0.05, 0) is 61.5 Å². The average Bonchev–Trinajstić information content (AvgIpc) is 3.45. The summed E-state index contributed by atoms with van der Waals surface area (Å²) in [7, 11) is 0. The van der Waals surface area contributed by atoms with Crippen molar-refractivity contribution in [1.82, 2.24) is 9.78 Å². The topological polar surface area (TPSA) is 83.8 Å². The molecule has 0 aliphatic rings. The van der Waals surface area contributed by atoms with Crippen LogP contribution in [0.2, 0.25) is 0 Å². The minimum atomic E-state index is -2.53. The molecule has 0 saturated carbocycles. The number of furan rings is 1. The maximum atomic E-state index is 12.8. The van der Waals surface area contributed by atoms with Gasteiger partial charge in [0, 0.05) is 22.3 Å². The fourth-order valence-electron chi connectivity index (χ4n) is 3.18. The Kier molecular flexibility index (Phi) is 6.90. The van der Waals surface area contributed by atoms with Gasteiger partial charge in [0.25, 0.3) is 11.7 Å². The van der Waals surface area contributed by atoms with Gasteiger partial charge in [-0.3, -0.25) is 4.79 Å². The van der Waals surface area contributed by atoms with E-state index >= 15 is 0 Å². The molecule has 0 atom stereocenters. The molecule has 6 nitrogen and oxygen atoms in total. The first-order valence-electron chi connectivity index (χ1n) is 10.1. The molecule has 0 spiro atoms. The second kappa shape index (κ2) is 10.2. The molecule has 1 amide bonds. The third-order valence-corrected chi connectivity index (χ3v) is 5.46. The van der Waals surface area contributed by atoms with Crippen LogP contribution in [0.25, 0.3) is 23.2 Å². The minimum Gasteiger partial charge on any atom is -0.460 e. The van der Waals surface area contributed by atoms with E-state index in [4.69, 9.17) is 4.42 Å². The molecule has 34 heavy (non-hydrogen) atoms. The van der Waals surface area contributed by atoms with Gasteiger partial charge in [-0.25, -0.2) is 4.68 Å². The van der Waals surface area contributed by atoms with Crippen LogP contribution in [0, 0.1) is 18.3 Å². The van der Waals surface area contributed by atoms with Crippen LogP contribution in [0.15, 0.2) is 87.8 Å². The van der Waals surface area contributed by atoms with E-state index in [-0.39, 0.29) is 5.57 Å². The smallest absolute Gasteiger partial charge is 0.288 e. The molecule has 170 valence electrons. The number of anilines is 1. The second-order valence-corrected chi connectivity index (χ2v) is 8.21. The number of rotatable bonds is 7. The van der Waals surface area contributed by atoms with Crippen molar-refractivity contribution in [2.45, 2.75) is 17.6 Å². The fourth-order valence-corrected chi connectivity index (χ4v) is 3.68. The molecule has 0 fully saturated rings. The Balaban J connectivity index is 1.64. The normalized spacial score (nSPS) is 11.4. The highest BCUT2D eigenvalue weighted by Gasteiger charge is 2.17. The molecule has 0 bridgehead atoms. The number of amides is 1. The average molecular weight is 477 g/mol. The van der Waals surface area contributed by atoms with Crippen molar-refractivity contribution in [3.8, 4) is 23.2 Å². The van der Waals surface area contributed by atoms with Gasteiger partial charge in [0.05, 0.1) is 5.69 Å². The molecule has 0 aliphatic carbocycles. The van der Waals surface area contributed by atoms with E-state index in [1.165, 1.54) is 30.3 Å². The largest absolute Gasteiger partial charge is 0.460 e. The molecule has 4 aromatic rings. The summed E-state index contributed by atoms with van der Waals surface area (Å²) in [5.41, 5.74) is 2.03. The number of hydrogen-bond donors (Lipinski definition) is 1. The Morgan fingerprint density at radius 1 is 1.15 bits per heavy atom. The number of hydrogen-bond acceptors (Lipinski definition) is 5. The molecular formula is C25H18F2N4O2S. The number of halogens is 2. The Bertz CT molecular complexity index is 1370. The number of nitrogens with zero attached hydrogens (tertiary/aromatic N) is 3. The highest BCUT2D eigenvalue weighted by molar-refractivity contribution is 7.99. The van der Waals surface area contributed by atoms with Crippen LogP contribution >= 0.6 is 11.8 Å². The number of aromatic nitrogens is 2. The third kappa shape index (κ3) is 5.42. The highest BCUT2D eigenvalue weighted by atomic mass is 32.2. The van der Waals surface area contributed by atoms with Gasteiger partial charge < -0.3 is 9.73 Å². The molecule has 2 aromatic carbocycles. The summed E-state index contributed by atoms with van der Waals surface area (Å²) in [4.78, 5) is 13.1. The lowest BCUT2D eigenvalue weighted by atomic mass is 10.1. The summed E-state index contributed by atoms with van der Waals surface area (Å²) < 4.78 is 32.4. The SMILES string of the molecule is Cc1ccc(-c2nn(-c3ccccc3)cc2/C=C(\C#N)C(=O)Nc2ccc(SC(F)F)cc2)o1. The maximum Gasteiger partial charge on any atom is 0.288 e. The van der Waals surface area contributed by atoms with E-state index in [0.717, 1.165) is 5.69 Å². The van der Waals surface area contributed by atoms with Crippen molar-refractivity contribution in [3.05, 3.63) is 89.8 Å². The molecule has 9 heteroatoms. The summed E-state index contributed by atoms with van der Waals surface area (Å²) in [6, 6.07) is 20.9. The Hall–Kier alpha value is -4.16. The van der Waals surface area contributed by atoms with E-state index in [1.807, 2.05) is 43.3 Å². The Labute approximate surface area is 198 Å². The van der Waals surface area contributed by atoms with E-state index in [2.05, 4.69) is 10.4 Å². The van der Waals surface area contributed by atoms with E-state index < -0.39 is 11.7 Å². The first-order chi connectivity index (χ1) is 16.4. The maximum absolute atomic E-state index is 12.8. The lowest BCUT2D eigenvalue weighted by molar-refractivity contribution is -0.112. The van der Waals surface area contributed by atoms with Crippen LogP contribution in [0.3, 0.4) is 0 Å². The van der Waals surface area contributed by atoms with Crippen LogP contribution in [-0.2, 0) is 4.79 Å². The number of nitriles is 1. The standard InChI is InChI=1S/C25H18F2N4O2S/c1-16-7-12-22(33-16)23-18(15-31(30-23)20-5-3-2-4-6-20)13-17(14-28)24(32)29-19-8-10-21(11-9-19)34-25(26)27/h2-13,15,25H,1H3,(H,29,32)/b17-13+. The molecule has 0 saturated heterocycles. The number of nitrogens with one attached hydrogen (secondary N) is 1. The van der Waals surface area contributed by atoms with Crippen molar-refractivity contribution in [1.29, 1.82) is 5.26 Å². The van der Waals surface area contributed by atoms with Crippen LogP contribution in [-0.4, -0.2) is 21.4 Å². The zero-order chi connectivity index (χ0) is 24.1. The first kappa shape index (κ1) is 23.0. The van der Waals surface area contributed by atoms with Crippen molar-refractivity contribution >= 4 is 29.4 Å². The molecular weight excluding hydrogens is 458 g/mol. The first-order valence-corrected chi connectivity index (χ1v) is 11.0. The molecule has 1 N–H and O–H groups in total. The Morgan fingerprint density at radius 3 is 2.50 bits per heavy atom. The predicted molar refractivity (Wildman–Crippen MR) is 127 cm³/mol. The van der Waals surface area contributed by atoms with Gasteiger partial charge in [0.1, 0.15) is 23.1 Å². The molecule has 0 radical (unpaired) electrons. The van der Waals surface area contributed by atoms with Crippen molar-refractivity contribution in [3.63, 3.8) is 0 Å². The van der Waals surface area contributed by atoms with Crippen molar-refractivity contribution in [2.75, 3.05) is 5.32 Å². The van der Waals surface area contributed by atoms with Crippen molar-refractivity contribution < 1.29 is 18.0 Å². The number of carbonyl (C=O) groups excluding carboxylic acids is 1. The second-order valence-electron chi connectivity index (χ2n) is 7.15. The molecule has 0 aliphatic heterocycles. The predicted octanol–water partition coefficient (Wildman–Crippen LogP) is 6.30. The minimum absolute atomic E-state index is 0.150. The molecule has 2 aromatic heterocycles. The summed E-state index contributed by atoms with van der Waals surface area (Å²) >= 11 is 0.412. The van der Waals surface area contributed by atoms with E-state index in [1.54, 1.807) is 23.0 Å². The lowest BCUT2D eigenvalue weighted by Crippen LogP contribution is -2.13. The number of thioether (sulfide) groups is 1. The van der Waals surface area contributed by atoms with Crippen LogP contribution in [0.1, 0.15) is 11.3 Å². The van der Waals surface area contributed by atoms with Gasteiger partial charge in [-0.2, -0.15) is 19.1 Å². The summed E-state index contributed by atoms with van der Waals surface area (Å²) in [5.74, 6) is -1.96. The van der Waals surface area contributed by atoms with Gasteiger partial charge in [-0.15, -0.1) is 0 Å². The highest BCUT2D eigenvalue weighted by Crippen LogP contribution is 2.28. The van der Waals surface area contributed by atoms with Gasteiger partial charge in [0.2, 0.25) is 0 Å². The summed E-state index contributed by atoms with van der Waals surface area (Å²) in [6.45, 7) is 1.81. The van der Waals surface area contributed by atoms with Crippen LogP contribution in [0.5, 0.6) is 0 Å². The number of alkyl halides is 2. The van der Waals surface area contributed by atoms with Crippen LogP contribution < -0.4 is 5.32 Å². The van der Waals surface area contributed by atoms with Crippen LogP contribution in [0.4, 0.5) is 14.5 Å². The van der Waals surface area contributed by atoms with Gasteiger partial charge >= 0.3 is 0 Å².